The van der Waals surface area contributed by atoms with Gasteiger partial charge in [0.05, 0.1) is 0 Å². The third-order valence-electron chi connectivity index (χ3n) is 3.95. The van der Waals surface area contributed by atoms with Crippen LogP contribution >= 0.6 is 12.4 Å². The van der Waals surface area contributed by atoms with Gasteiger partial charge in [-0.25, -0.2) is 0 Å². The van der Waals surface area contributed by atoms with Crippen molar-refractivity contribution < 1.29 is 14.3 Å². The summed E-state index contributed by atoms with van der Waals surface area (Å²) in [5.74, 6) is 0.559. The smallest absolute Gasteiger partial charge is 0.257 e. The monoisotopic (exact) mass is 355 g/mol. The largest absolute Gasteiger partial charge is 0.484 e. The molecule has 1 fully saturated rings. The molecule has 0 heterocycles. The van der Waals surface area contributed by atoms with Gasteiger partial charge < -0.3 is 21.1 Å². The number of halogens is 1. The molecular weight excluding hydrogens is 330 g/mol. The van der Waals surface area contributed by atoms with Crippen LogP contribution < -0.4 is 21.1 Å². The van der Waals surface area contributed by atoms with Crippen molar-refractivity contribution >= 4 is 24.2 Å². The second-order valence-corrected chi connectivity index (χ2v) is 5.88. The lowest BCUT2D eigenvalue weighted by molar-refractivity contribution is -0.125. The molecule has 1 aromatic carbocycles. The highest BCUT2D eigenvalue weighted by Crippen LogP contribution is 2.24. The number of carbonyl (C=O) groups is 2. The Hall–Kier alpha value is -1.79. The lowest BCUT2D eigenvalue weighted by Gasteiger charge is -2.12. The molecule has 2 rings (SSSR count). The molecule has 0 saturated heterocycles. The van der Waals surface area contributed by atoms with Crippen LogP contribution in [0.3, 0.4) is 0 Å². The van der Waals surface area contributed by atoms with Gasteiger partial charge in [-0.15, -0.1) is 12.4 Å². The Kier molecular flexibility index (Phi) is 8.57. The highest BCUT2D eigenvalue weighted by atomic mass is 35.5. The summed E-state index contributed by atoms with van der Waals surface area (Å²) in [6.07, 6.45) is 2.55. The lowest BCUT2D eigenvalue weighted by Crippen LogP contribution is -2.30. The van der Waals surface area contributed by atoms with Crippen LogP contribution in [-0.4, -0.2) is 31.0 Å². The Morgan fingerprint density at radius 3 is 2.75 bits per heavy atom. The fourth-order valence-corrected chi connectivity index (χ4v) is 2.73. The molecule has 2 unspecified atom stereocenters. The number of carbonyl (C=O) groups excluding carboxylic acids is 2. The predicted molar refractivity (Wildman–Crippen MR) is 95.0 cm³/mol. The molecule has 1 aliphatic rings. The molecule has 0 spiro atoms. The van der Waals surface area contributed by atoms with E-state index < -0.39 is 0 Å². The lowest BCUT2D eigenvalue weighted by atomic mass is 10.1. The van der Waals surface area contributed by atoms with Gasteiger partial charge >= 0.3 is 0 Å². The zero-order valence-electron chi connectivity index (χ0n) is 13.9. The fourth-order valence-electron chi connectivity index (χ4n) is 2.73. The number of hydrogen-bond donors (Lipinski definition) is 3. The average Bonchev–Trinajstić information content (AvgIpc) is 2.98. The number of benzene rings is 1. The van der Waals surface area contributed by atoms with Crippen molar-refractivity contribution in [2.24, 2.45) is 11.7 Å². The first-order chi connectivity index (χ1) is 11.1. The third-order valence-corrected chi connectivity index (χ3v) is 3.95. The molecule has 0 aliphatic heterocycles. The number of ether oxygens (including phenoxy) is 1. The molecule has 2 amide bonds. The first kappa shape index (κ1) is 20.3. The van der Waals surface area contributed by atoms with Gasteiger partial charge in [0.15, 0.2) is 6.61 Å². The van der Waals surface area contributed by atoms with Crippen molar-refractivity contribution in [3.05, 3.63) is 29.8 Å². The van der Waals surface area contributed by atoms with Gasteiger partial charge in [0, 0.05) is 25.0 Å². The second kappa shape index (κ2) is 10.2. The molecule has 134 valence electrons. The third kappa shape index (κ3) is 6.37. The normalized spacial score (nSPS) is 19.2. The number of likely N-dealkylation sites (N-methyl/N-ethyl adjacent to an activating group) is 1. The molecule has 0 bridgehead atoms. The molecule has 24 heavy (non-hydrogen) atoms. The topological polar surface area (TPSA) is 93.5 Å². The summed E-state index contributed by atoms with van der Waals surface area (Å²) < 4.78 is 5.44. The van der Waals surface area contributed by atoms with Crippen LogP contribution in [0.1, 0.15) is 31.7 Å². The SMILES string of the molecule is CCNC(=O)COc1cccc(CNC(=O)C2CCC(N)C2)c1.Cl. The summed E-state index contributed by atoms with van der Waals surface area (Å²) in [5, 5.41) is 5.62. The first-order valence-electron chi connectivity index (χ1n) is 8.10. The van der Waals surface area contributed by atoms with E-state index in [0.29, 0.717) is 18.8 Å². The Balaban J connectivity index is 0.00000288. The first-order valence-corrected chi connectivity index (χ1v) is 8.10. The molecule has 4 N–H and O–H groups in total. The van der Waals surface area contributed by atoms with E-state index in [4.69, 9.17) is 10.5 Å². The Morgan fingerprint density at radius 1 is 1.29 bits per heavy atom. The van der Waals surface area contributed by atoms with E-state index in [1.807, 2.05) is 25.1 Å². The predicted octanol–water partition coefficient (Wildman–Crippen LogP) is 1.37. The zero-order chi connectivity index (χ0) is 16.7. The summed E-state index contributed by atoms with van der Waals surface area (Å²) in [7, 11) is 0. The van der Waals surface area contributed by atoms with E-state index in [0.717, 1.165) is 24.8 Å². The van der Waals surface area contributed by atoms with Crippen molar-refractivity contribution in [3.8, 4) is 5.75 Å². The highest BCUT2D eigenvalue weighted by Gasteiger charge is 2.27. The van der Waals surface area contributed by atoms with Crippen LogP contribution in [0.15, 0.2) is 24.3 Å². The van der Waals surface area contributed by atoms with Crippen molar-refractivity contribution in [1.29, 1.82) is 0 Å². The van der Waals surface area contributed by atoms with Crippen molar-refractivity contribution in [1.82, 2.24) is 10.6 Å². The van der Waals surface area contributed by atoms with Crippen LogP contribution in [0.2, 0.25) is 0 Å². The molecule has 2 atom stereocenters. The van der Waals surface area contributed by atoms with Crippen LogP contribution in [-0.2, 0) is 16.1 Å². The summed E-state index contributed by atoms with van der Waals surface area (Å²) in [4.78, 5) is 23.5. The van der Waals surface area contributed by atoms with E-state index in [1.165, 1.54) is 0 Å². The molecule has 0 aromatic heterocycles. The molecule has 6 nitrogen and oxygen atoms in total. The zero-order valence-corrected chi connectivity index (χ0v) is 14.7. The maximum Gasteiger partial charge on any atom is 0.257 e. The molecule has 1 aliphatic carbocycles. The maximum absolute atomic E-state index is 12.1. The van der Waals surface area contributed by atoms with Gasteiger partial charge in [0.25, 0.3) is 5.91 Å². The summed E-state index contributed by atoms with van der Waals surface area (Å²) >= 11 is 0. The standard InChI is InChI=1S/C17H25N3O3.ClH/c1-2-19-16(21)11-23-15-5-3-4-12(8-15)10-20-17(22)13-6-7-14(18)9-13;/h3-5,8,13-14H,2,6-7,9-11,18H2,1H3,(H,19,21)(H,20,22);1H. The molecule has 1 saturated carbocycles. The molecule has 0 radical (unpaired) electrons. The number of amides is 2. The van der Waals surface area contributed by atoms with Gasteiger partial charge in [-0.1, -0.05) is 12.1 Å². The van der Waals surface area contributed by atoms with Crippen LogP contribution in [0.4, 0.5) is 0 Å². The minimum atomic E-state index is -0.149. The van der Waals surface area contributed by atoms with Gasteiger partial charge in [-0.05, 0) is 43.9 Å². The Labute approximate surface area is 148 Å². The van der Waals surface area contributed by atoms with Gasteiger partial charge in [-0.2, -0.15) is 0 Å². The molecule has 7 heteroatoms. The van der Waals surface area contributed by atoms with Gasteiger partial charge in [-0.3, -0.25) is 9.59 Å². The molecular formula is C17H26ClN3O3. The van der Waals surface area contributed by atoms with E-state index in [2.05, 4.69) is 10.6 Å². The minimum absolute atomic E-state index is 0. The van der Waals surface area contributed by atoms with E-state index in [9.17, 15) is 9.59 Å². The summed E-state index contributed by atoms with van der Waals surface area (Å²) in [6.45, 7) is 2.88. The number of nitrogens with two attached hydrogens (primary N) is 1. The van der Waals surface area contributed by atoms with E-state index in [1.54, 1.807) is 6.07 Å². The van der Waals surface area contributed by atoms with Crippen molar-refractivity contribution in [2.75, 3.05) is 13.2 Å². The Morgan fingerprint density at radius 2 is 2.08 bits per heavy atom. The quantitative estimate of drug-likeness (QED) is 0.688. The van der Waals surface area contributed by atoms with Crippen LogP contribution in [0.25, 0.3) is 0 Å². The number of hydrogen-bond acceptors (Lipinski definition) is 4. The number of rotatable bonds is 7. The van der Waals surface area contributed by atoms with Crippen molar-refractivity contribution in [3.63, 3.8) is 0 Å². The van der Waals surface area contributed by atoms with Crippen LogP contribution in [0.5, 0.6) is 5.75 Å². The average molecular weight is 356 g/mol. The number of nitrogens with one attached hydrogen (secondary N) is 2. The highest BCUT2D eigenvalue weighted by molar-refractivity contribution is 5.85. The summed E-state index contributed by atoms with van der Waals surface area (Å²) in [6, 6.07) is 7.54. The molecule has 1 aromatic rings. The van der Waals surface area contributed by atoms with Gasteiger partial charge in [0.2, 0.25) is 5.91 Å². The van der Waals surface area contributed by atoms with E-state index >= 15 is 0 Å². The van der Waals surface area contributed by atoms with Gasteiger partial charge in [0.1, 0.15) is 5.75 Å². The van der Waals surface area contributed by atoms with Crippen molar-refractivity contribution in [2.45, 2.75) is 38.8 Å². The Bertz CT molecular complexity index is 554. The van der Waals surface area contributed by atoms with E-state index in [-0.39, 0.29) is 42.8 Å². The fraction of sp³-hybridized carbons (Fsp3) is 0.529. The van der Waals surface area contributed by atoms with Crippen LogP contribution in [0, 0.1) is 5.92 Å². The summed E-state index contributed by atoms with van der Waals surface area (Å²) in [5.41, 5.74) is 6.78. The minimum Gasteiger partial charge on any atom is -0.484 e. The maximum atomic E-state index is 12.1. The second-order valence-electron chi connectivity index (χ2n) is 5.88.